The van der Waals surface area contributed by atoms with Crippen LogP contribution in [-0.2, 0) is 4.79 Å². The van der Waals surface area contributed by atoms with Crippen LogP contribution in [0, 0.1) is 18.3 Å². The SMILES string of the molecule is COc1cc(C#N)ccc1N(C)C(=O)CNC(=O)c1ncc(C)c(N2CCC(F)(P)CC2)n1. The van der Waals surface area contributed by atoms with Crippen LogP contribution < -0.4 is 19.9 Å². The van der Waals surface area contributed by atoms with E-state index >= 15 is 0 Å². The fraction of sp³-hybridized carbons (Fsp3) is 0.409. The lowest BCUT2D eigenvalue weighted by Crippen LogP contribution is -2.40. The van der Waals surface area contributed by atoms with Gasteiger partial charge in [-0.1, -0.05) is 9.24 Å². The predicted molar refractivity (Wildman–Crippen MR) is 125 cm³/mol. The molecule has 174 valence electrons. The lowest BCUT2D eigenvalue weighted by atomic mass is 10.1. The summed E-state index contributed by atoms with van der Waals surface area (Å²) in [6, 6.07) is 6.73. The molecule has 0 bridgehead atoms. The number of ether oxygens (including phenoxy) is 1. The normalized spacial score (nSPS) is 14.8. The van der Waals surface area contributed by atoms with Gasteiger partial charge < -0.3 is 19.9 Å². The molecule has 1 unspecified atom stereocenters. The van der Waals surface area contributed by atoms with E-state index in [4.69, 9.17) is 10.00 Å². The number of carbonyl (C=O) groups excluding carboxylic acids is 2. The maximum Gasteiger partial charge on any atom is 0.289 e. The quantitative estimate of drug-likeness (QED) is 0.642. The van der Waals surface area contributed by atoms with Gasteiger partial charge in [-0.05, 0) is 19.1 Å². The first-order valence-electron chi connectivity index (χ1n) is 10.3. The zero-order chi connectivity index (χ0) is 24.2. The Bertz CT molecular complexity index is 1090. The van der Waals surface area contributed by atoms with Crippen molar-refractivity contribution in [3.8, 4) is 11.8 Å². The smallest absolute Gasteiger partial charge is 0.289 e. The molecule has 1 aliphatic heterocycles. The highest BCUT2D eigenvalue weighted by Crippen LogP contribution is 2.34. The summed E-state index contributed by atoms with van der Waals surface area (Å²) in [7, 11) is 5.25. The Kier molecular flexibility index (Phi) is 7.44. The third-order valence-electron chi connectivity index (χ3n) is 5.49. The van der Waals surface area contributed by atoms with E-state index in [0.29, 0.717) is 48.7 Å². The lowest BCUT2D eigenvalue weighted by Gasteiger charge is -2.35. The van der Waals surface area contributed by atoms with E-state index in [1.807, 2.05) is 17.9 Å². The first kappa shape index (κ1) is 24.3. The van der Waals surface area contributed by atoms with E-state index in [1.54, 1.807) is 25.4 Å². The van der Waals surface area contributed by atoms with Crippen molar-refractivity contribution in [3.05, 3.63) is 41.3 Å². The number of halogens is 1. The molecular formula is C22H26FN6O3P. The van der Waals surface area contributed by atoms with Gasteiger partial charge in [0.25, 0.3) is 5.91 Å². The maximum absolute atomic E-state index is 14.1. The number of amides is 2. The molecule has 1 aromatic heterocycles. The number of aryl methyl sites for hydroxylation is 1. The molecule has 1 atom stereocenters. The second kappa shape index (κ2) is 10.1. The van der Waals surface area contributed by atoms with Gasteiger partial charge in [0.2, 0.25) is 11.7 Å². The highest BCUT2D eigenvalue weighted by molar-refractivity contribution is 7.18. The van der Waals surface area contributed by atoms with Crippen LogP contribution in [0.3, 0.4) is 0 Å². The molecule has 1 aromatic carbocycles. The number of methoxy groups -OCH3 is 1. The molecule has 0 saturated carbocycles. The van der Waals surface area contributed by atoms with Gasteiger partial charge in [-0.25, -0.2) is 14.4 Å². The number of nitrogens with zero attached hydrogens (tertiary/aromatic N) is 5. The molecule has 1 N–H and O–H groups in total. The summed E-state index contributed by atoms with van der Waals surface area (Å²) in [4.78, 5) is 37.0. The van der Waals surface area contributed by atoms with E-state index < -0.39 is 17.2 Å². The molecule has 0 aliphatic carbocycles. The Morgan fingerprint density at radius 1 is 1.39 bits per heavy atom. The number of benzene rings is 1. The third-order valence-corrected chi connectivity index (χ3v) is 6.06. The highest BCUT2D eigenvalue weighted by Gasteiger charge is 2.31. The first-order valence-corrected chi connectivity index (χ1v) is 10.9. The molecule has 2 aromatic rings. The van der Waals surface area contributed by atoms with Crippen LogP contribution in [0.1, 0.15) is 34.6 Å². The molecule has 9 nitrogen and oxygen atoms in total. The van der Waals surface area contributed by atoms with E-state index in [1.165, 1.54) is 18.1 Å². The minimum atomic E-state index is -1.28. The van der Waals surface area contributed by atoms with Crippen molar-refractivity contribution in [2.24, 2.45) is 0 Å². The molecule has 3 rings (SSSR count). The second-order valence-corrected chi connectivity index (χ2v) is 8.89. The lowest BCUT2D eigenvalue weighted by molar-refractivity contribution is -0.117. The van der Waals surface area contributed by atoms with Crippen molar-refractivity contribution >= 4 is 32.6 Å². The molecule has 0 radical (unpaired) electrons. The summed E-state index contributed by atoms with van der Waals surface area (Å²) in [6.07, 6.45) is 2.25. The average Bonchev–Trinajstić information content (AvgIpc) is 2.81. The van der Waals surface area contributed by atoms with Crippen LogP contribution in [0.5, 0.6) is 5.75 Å². The van der Waals surface area contributed by atoms with Crippen molar-refractivity contribution < 1.29 is 18.7 Å². The Morgan fingerprint density at radius 2 is 2.09 bits per heavy atom. The van der Waals surface area contributed by atoms with Crippen LogP contribution in [0.2, 0.25) is 0 Å². The molecule has 33 heavy (non-hydrogen) atoms. The monoisotopic (exact) mass is 472 g/mol. The average molecular weight is 472 g/mol. The fourth-order valence-corrected chi connectivity index (χ4v) is 3.72. The van der Waals surface area contributed by atoms with Gasteiger partial charge in [0.1, 0.15) is 17.0 Å². The van der Waals surface area contributed by atoms with Gasteiger partial charge in [-0.3, -0.25) is 9.59 Å². The number of carbonyl (C=O) groups is 2. The Morgan fingerprint density at radius 3 is 2.73 bits per heavy atom. The van der Waals surface area contributed by atoms with Gasteiger partial charge in [0.15, 0.2) is 0 Å². The standard InChI is InChI=1S/C22H26FN6O3P/c1-14-12-25-19(27-20(14)29-8-6-22(23,33)7-9-29)21(31)26-13-18(30)28(2)16-5-4-15(11-24)10-17(16)32-3/h4-5,10,12H,6-9,13,33H2,1-3H3,(H,26,31). The number of nitrogens with one attached hydrogen (secondary N) is 1. The Balaban J connectivity index is 1.66. The Hall–Kier alpha value is -3.31. The fourth-order valence-electron chi connectivity index (χ4n) is 3.46. The highest BCUT2D eigenvalue weighted by atomic mass is 31.0. The number of rotatable bonds is 6. The summed E-state index contributed by atoms with van der Waals surface area (Å²) in [5.74, 6) is -0.0967. The van der Waals surface area contributed by atoms with Crippen molar-refractivity contribution in [1.82, 2.24) is 15.3 Å². The van der Waals surface area contributed by atoms with E-state index in [0.717, 1.165) is 5.56 Å². The van der Waals surface area contributed by atoms with Crippen molar-refractivity contribution in [3.63, 3.8) is 0 Å². The Labute approximate surface area is 194 Å². The van der Waals surface area contributed by atoms with Crippen LogP contribution in [0.15, 0.2) is 24.4 Å². The summed E-state index contributed by atoms with van der Waals surface area (Å²) >= 11 is 0. The summed E-state index contributed by atoms with van der Waals surface area (Å²) < 4.78 is 19.4. The number of nitriles is 1. The molecule has 2 heterocycles. The van der Waals surface area contributed by atoms with Crippen LogP contribution in [0.25, 0.3) is 0 Å². The number of aromatic nitrogens is 2. The van der Waals surface area contributed by atoms with Gasteiger partial charge >= 0.3 is 0 Å². The largest absolute Gasteiger partial charge is 0.495 e. The molecule has 1 saturated heterocycles. The zero-order valence-corrected chi connectivity index (χ0v) is 19.9. The molecule has 11 heteroatoms. The van der Waals surface area contributed by atoms with Crippen molar-refractivity contribution in [2.75, 3.05) is 43.6 Å². The third kappa shape index (κ3) is 5.74. The molecule has 1 fully saturated rings. The van der Waals surface area contributed by atoms with E-state index in [2.05, 4.69) is 24.5 Å². The van der Waals surface area contributed by atoms with Crippen molar-refractivity contribution in [1.29, 1.82) is 5.26 Å². The summed E-state index contributed by atoms with van der Waals surface area (Å²) in [5.41, 5.74) is 1.65. The summed E-state index contributed by atoms with van der Waals surface area (Å²) in [5, 5.41) is 10.3. The van der Waals surface area contributed by atoms with Crippen molar-refractivity contribution in [2.45, 2.75) is 25.2 Å². The van der Waals surface area contributed by atoms with Crippen LogP contribution in [-0.4, -0.2) is 61.0 Å². The van der Waals surface area contributed by atoms with Gasteiger partial charge in [0.05, 0.1) is 31.0 Å². The molecule has 2 amide bonds. The van der Waals surface area contributed by atoms with Gasteiger partial charge in [-0.2, -0.15) is 5.26 Å². The number of likely N-dealkylation sites (N-methyl/N-ethyl adjacent to an activating group) is 1. The molecule has 1 aliphatic rings. The minimum absolute atomic E-state index is 0.0648. The topological polar surface area (TPSA) is 111 Å². The predicted octanol–water partition coefficient (Wildman–Crippen LogP) is 2.20. The number of hydrogen-bond acceptors (Lipinski definition) is 7. The molecule has 0 spiro atoms. The minimum Gasteiger partial charge on any atom is -0.495 e. The second-order valence-electron chi connectivity index (χ2n) is 7.86. The molecular weight excluding hydrogens is 446 g/mol. The number of piperidine rings is 1. The number of alkyl halides is 1. The zero-order valence-electron chi connectivity index (χ0n) is 18.8. The van der Waals surface area contributed by atoms with E-state index in [9.17, 15) is 14.0 Å². The van der Waals surface area contributed by atoms with Crippen LogP contribution >= 0.6 is 9.24 Å². The van der Waals surface area contributed by atoms with Gasteiger partial charge in [-0.15, -0.1) is 0 Å². The first-order chi connectivity index (χ1) is 15.6. The van der Waals surface area contributed by atoms with Crippen LogP contribution in [0.4, 0.5) is 15.9 Å². The summed E-state index contributed by atoms with van der Waals surface area (Å²) in [6.45, 7) is 2.51. The number of hydrogen-bond donors (Lipinski definition) is 1. The maximum atomic E-state index is 14.1. The van der Waals surface area contributed by atoms with Gasteiger partial charge in [0, 0.05) is 50.8 Å². The number of anilines is 2. The van der Waals surface area contributed by atoms with E-state index in [-0.39, 0.29) is 12.4 Å².